The summed E-state index contributed by atoms with van der Waals surface area (Å²) >= 11 is 0. The quantitative estimate of drug-likeness (QED) is 0.480. The van der Waals surface area contributed by atoms with Crippen molar-refractivity contribution in [1.29, 1.82) is 0 Å². The molecule has 2 aliphatic heterocycles. The molecule has 0 bridgehead atoms. The lowest BCUT2D eigenvalue weighted by atomic mass is 10.2. The highest BCUT2D eigenvalue weighted by Gasteiger charge is 2.30. The first-order valence-electron chi connectivity index (χ1n) is 10.2. The lowest BCUT2D eigenvalue weighted by Crippen LogP contribution is -2.49. The summed E-state index contributed by atoms with van der Waals surface area (Å²) in [6.07, 6.45) is 2.61. The zero-order chi connectivity index (χ0) is 21.9. The Hall–Kier alpha value is -2.24. The zero-order valence-electron chi connectivity index (χ0n) is 17.5. The van der Waals surface area contributed by atoms with E-state index in [0.29, 0.717) is 51.5 Å². The van der Waals surface area contributed by atoms with Crippen molar-refractivity contribution in [1.82, 2.24) is 14.1 Å². The van der Waals surface area contributed by atoms with E-state index >= 15 is 0 Å². The number of amides is 1. The topological polar surface area (TPSA) is 107 Å². The molecule has 0 saturated carbocycles. The number of anilines is 1. The van der Waals surface area contributed by atoms with Gasteiger partial charge in [0.15, 0.2) is 0 Å². The lowest BCUT2D eigenvalue weighted by molar-refractivity contribution is -0.384. The first kappa shape index (κ1) is 22.4. The van der Waals surface area contributed by atoms with Gasteiger partial charge in [0.2, 0.25) is 15.9 Å². The van der Waals surface area contributed by atoms with Crippen LogP contribution < -0.4 is 4.90 Å². The van der Waals surface area contributed by atoms with Crippen molar-refractivity contribution < 1.29 is 18.1 Å². The third-order valence-electron chi connectivity index (χ3n) is 5.67. The highest BCUT2D eigenvalue weighted by Crippen LogP contribution is 2.33. The number of nitrogens with zero attached hydrogens (tertiary/aromatic N) is 5. The van der Waals surface area contributed by atoms with E-state index in [9.17, 15) is 23.3 Å². The second-order valence-corrected chi connectivity index (χ2v) is 9.86. The van der Waals surface area contributed by atoms with E-state index < -0.39 is 14.9 Å². The Kier molecular flexibility index (Phi) is 6.94. The standard InChI is InChI=1S/C19H29N5O5S/c1-20(2)19(25)15-21-10-12-22(13-11-21)17-7-6-16(14-18(17)24(26)27)30(28,29)23-8-4-3-5-9-23/h6-7,14H,3-5,8-13,15H2,1-2H3. The smallest absolute Gasteiger partial charge is 0.293 e. The predicted molar refractivity (Wildman–Crippen MR) is 113 cm³/mol. The third-order valence-corrected chi connectivity index (χ3v) is 7.56. The van der Waals surface area contributed by atoms with Gasteiger partial charge < -0.3 is 9.80 Å². The molecule has 2 saturated heterocycles. The number of hydrogen-bond acceptors (Lipinski definition) is 7. The average molecular weight is 440 g/mol. The normalized spacial score (nSPS) is 18.9. The van der Waals surface area contributed by atoms with Crippen molar-refractivity contribution in [3.05, 3.63) is 28.3 Å². The molecule has 10 nitrogen and oxygen atoms in total. The Bertz CT molecular complexity index is 891. The number of carbonyl (C=O) groups is 1. The fourth-order valence-electron chi connectivity index (χ4n) is 3.81. The highest BCUT2D eigenvalue weighted by atomic mass is 32.2. The molecule has 1 amide bonds. The Morgan fingerprint density at radius 3 is 2.27 bits per heavy atom. The van der Waals surface area contributed by atoms with Crippen molar-refractivity contribution in [3.8, 4) is 0 Å². The molecule has 11 heteroatoms. The van der Waals surface area contributed by atoms with Gasteiger partial charge in [-0.05, 0) is 25.0 Å². The van der Waals surface area contributed by atoms with Crippen LogP contribution in [-0.4, -0.2) is 93.3 Å². The van der Waals surface area contributed by atoms with Gasteiger partial charge in [0.25, 0.3) is 5.69 Å². The molecular weight excluding hydrogens is 410 g/mol. The van der Waals surface area contributed by atoms with Gasteiger partial charge in [-0.3, -0.25) is 19.8 Å². The molecule has 0 aliphatic carbocycles. The number of likely N-dealkylation sites (N-methyl/N-ethyl adjacent to an activating group) is 1. The zero-order valence-corrected chi connectivity index (χ0v) is 18.3. The number of carbonyl (C=O) groups excluding carboxylic acids is 1. The second kappa shape index (κ2) is 9.27. The molecule has 0 atom stereocenters. The van der Waals surface area contributed by atoms with E-state index in [2.05, 4.69) is 0 Å². The summed E-state index contributed by atoms with van der Waals surface area (Å²) in [5.74, 6) is 0.0155. The maximum absolute atomic E-state index is 12.9. The van der Waals surface area contributed by atoms with Crippen LogP contribution in [0.2, 0.25) is 0 Å². The number of piperazine rings is 1. The van der Waals surface area contributed by atoms with E-state index in [1.807, 2.05) is 9.80 Å². The van der Waals surface area contributed by atoms with Gasteiger partial charge >= 0.3 is 0 Å². The number of piperidine rings is 1. The summed E-state index contributed by atoms with van der Waals surface area (Å²) in [5.41, 5.74) is 0.210. The van der Waals surface area contributed by atoms with Crippen LogP contribution in [0.25, 0.3) is 0 Å². The summed E-state index contributed by atoms with van der Waals surface area (Å²) in [4.78, 5) is 28.5. The van der Waals surface area contributed by atoms with E-state index in [1.165, 1.54) is 22.5 Å². The molecular formula is C19H29N5O5S. The molecule has 2 fully saturated rings. The van der Waals surface area contributed by atoms with Crippen LogP contribution in [0.5, 0.6) is 0 Å². The number of hydrogen-bond donors (Lipinski definition) is 0. The van der Waals surface area contributed by atoms with Crippen LogP contribution in [0.15, 0.2) is 23.1 Å². The van der Waals surface area contributed by atoms with E-state index in [0.717, 1.165) is 19.3 Å². The van der Waals surface area contributed by atoms with Gasteiger partial charge in [-0.15, -0.1) is 0 Å². The highest BCUT2D eigenvalue weighted by molar-refractivity contribution is 7.89. The van der Waals surface area contributed by atoms with Crippen molar-refractivity contribution in [3.63, 3.8) is 0 Å². The number of nitro benzene ring substituents is 1. The predicted octanol–water partition coefficient (Wildman–Crippen LogP) is 0.980. The third kappa shape index (κ3) is 4.90. The average Bonchev–Trinajstić information content (AvgIpc) is 2.74. The van der Waals surface area contributed by atoms with E-state index in [4.69, 9.17) is 0 Å². The minimum atomic E-state index is -3.74. The molecule has 0 spiro atoms. The molecule has 0 radical (unpaired) electrons. The molecule has 3 rings (SSSR count). The van der Waals surface area contributed by atoms with Crippen molar-refractivity contribution in [2.24, 2.45) is 0 Å². The first-order valence-corrected chi connectivity index (χ1v) is 11.6. The van der Waals surface area contributed by atoms with Crippen LogP contribution in [0, 0.1) is 10.1 Å². The molecule has 2 aliphatic rings. The lowest BCUT2D eigenvalue weighted by Gasteiger charge is -2.35. The summed E-state index contributed by atoms with van der Waals surface area (Å²) < 4.78 is 27.2. The minimum Gasteiger partial charge on any atom is -0.363 e. The molecule has 0 aromatic heterocycles. The fraction of sp³-hybridized carbons (Fsp3) is 0.632. The Balaban J connectivity index is 1.77. The molecule has 166 valence electrons. The molecule has 1 aromatic carbocycles. The summed E-state index contributed by atoms with van der Waals surface area (Å²) in [6.45, 7) is 3.47. The van der Waals surface area contributed by atoms with Gasteiger partial charge in [-0.25, -0.2) is 8.42 Å². The van der Waals surface area contributed by atoms with Crippen LogP contribution in [0.3, 0.4) is 0 Å². The van der Waals surface area contributed by atoms with E-state index in [-0.39, 0.29) is 16.5 Å². The summed E-state index contributed by atoms with van der Waals surface area (Å²) in [7, 11) is -0.316. The molecule has 30 heavy (non-hydrogen) atoms. The van der Waals surface area contributed by atoms with Crippen molar-refractivity contribution >= 4 is 27.3 Å². The number of nitro groups is 1. The monoisotopic (exact) mass is 439 g/mol. The summed E-state index contributed by atoms with van der Waals surface area (Å²) in [5, 5.41) is 11.7. The second-order valence-electron chi connectivity index (χ2n) is 7.92. The molecule has 1 aromatic rings. The van der Waals surface area contributed by atoms with Crippen molar-refractivity contribution in [2.45, 2.75) is 24.2 Å². The van der Waals surface area contributed by atoms with Crippen molar-refractivity contribution in [2.75, 3.05) is 64.8 Å². The van der Waals surface area contributed by atoms with Crippen LogP contribution in [0.1, 0.15) is 19.3 Å². The number of sulfonamides is 1. The fourth-order valence-corrected chi connectivity index (χ4v) is 5.35. The first-order chi connectivity index (χ1) is 14.2. The molecule has 0 N–H and O–H groups in total. The van der Waals surface area contributed by atoms with Gasteiger partial charge in [-0.1, -0.05) is 6.42 Å². The van der Waals surface area contributed by atoms with Gasteiger partial charge in [0.05, 0.1) is 16.4 Å². The number of rotatable bonds is 6. The Morgan fingerprint density at radius 2 is 1.70 bits per heavy atom. The maximum Gasteiger partial charge on any atom is 0.293 e. The van der Waals surface area contributed by atoms with Gasteiger partial charge in [-0.2, -0.15) is 4.31 Å². The van der Waals surface area contributed by atoms with Crippen LogP contribution in [0.4, 0.5) is 11.4 Å². The minimum absolute atomic E-state index is 0.0155. The maximum atomic E-state index is 12.9. The summed E-state index contributed by atoms with van der Waals surface area (Å²) in [6, 6.07) is 4.19. The van der Waals surface area contributed by atoms with E-state index in [1.54, 1.807) is 19.0 Å². The van der Waals surface area contributed by atoms with Gasteiger partial charge in [0.1, 0.15) is 5.69 Å². The largest absolute Gasteiger partial charge is 0.363 e. The van der Waals surface area contributed by atoms with Crippen LogP contribution in [-0.2, 0) is 14.8 Å². The van der Waals surface area contributed by atoms with Crippen LogP contribution >= 0.6 is 0 Å². The number of benzene rings is 1. The molecule has 0 unspecified atom stereocenters. The Labute approximate surface area is 177 Å². The molecule has 2 heterocycles. The van der Waals surface area contributed by atoms with Gasteiger partial charge in [0, 0.05) is 59.4 Å². The Morgan fingerprint density at radius 1 is 1.07 bits per heavy atom. The SMILES string of the molecule is CN(C)C(=O)CN1CCN(c2ccc(S(=O)(=O)N3CCCCC3)cc2[N+](=O)[O-])CC1.